The highest BCUT2D eigenvalue weighted by atomic mass is 16.8. The fraction of sp³-hybridized carbons (Fsp3) is 0.963. The van der Waals surface area contributed by atoms with Gasteiger partial charge in [0.2, 0.25) is 0 Å². The Kier molecular flexibility index (Phi) is 18.8. The molecule has 4 heterocycles. The van der Waals surface area contributed by atoms with Gasteiger partial charge >= 0.3 is 0 Å². The highest BCUT2D eigenvalue weighted by Gasteiger charge is 2.72. The average Bonchev–Trinajstić information content (AvgIpc) is 3.95. The molecule has 0 aromatic rings. The lowest BCUT2D eigenvalue weighted by atomic mass is 9.35. The predicted molar refractivity (Wildman–Crippen MR) is 268 cm³/mol. The van der Waals surface area contributed by atoms with Crippen LogP contribution in [0.4, 0.5) is 0 Å². The fourth-order valence-electron chi connectivity index (χ4n) is 16.1. The van der Waals surface area contributed by atoms with E-state index in [0.717, 1.165) is 12.8 Å². The minimum absolute atomic E-state index is 0.00485. The molecule has 0 aromatic heterocycles. The standard InChI is InChI=1S/C54H92O24/c1-49(2,70)13-9-14-54(8,78-47-43(69)39(65)36(62)28(75-47)22-71-45-41(67)37(63)33(59)25(19-55)72-45)23-10-16-53(7)32(23)24(58)18-30-51(5)15-12-31(50(3,4)29(51)11-17-52(30,53)6)76-48-44(40(66)35(61)27(21-57)74-48)77-46-42(68)38(64)34(60)26(20-56)73-46/h9,13,23-48,55-70H,10-12,14-22H2,1-8H3/b13-9+/t23-,24+,25+,26+,27+,28+,29?,30+,31-,32-,33+,34+,35+,36+,37-,38-,39-,40-,41+,42+,43+,44+,45+,46-,47-,48-,51-,52+,53+,54-/m0/s1. The van der Waals surface area contributed by atoms with Crippen molar-refractivity contribution in [3.8, 4) is 0 Å². The molecular formula is C54H92O24. The first-order valence-electron chi connectivity index (χ1n) is 28.0. The third kappa shape index (κ3) is 11.1. The number of hydrogen-bond acceptors (Lipinski definition) is 24. The van der Waals surface area contributed by atoms with E-state index in [1.807, 2.05) is 6.92 Å². The van der Waals surface area contributed by atoms with E-state index in [9.17, 15) is 81.7 Å². The van der Waals surface area contributed by atoms with Crippen LogP contribution in [0.3, 0.4) is 0 Å². The smallest absolute Gasteiger partial charge is 0.187 e. The Morgan fingerprint density at radius 3 is 1.60 bits per heavy atom. The summed E-state index contributed by atoms with van der Waals surface area (Å²) < 4.78 is 48.7. The SMILES string of the molecule is CC(C)(O)/C=C/C[C@](C)(O[C@@H]1O[C@H](CO[C@@H]2O[C@H](CO)[C@@H](O)[C@H](O)[C@H]2O)[C@@H](O)[C@H](O)[C@H]1O)[C@H]1CC[C@]2(C)[C@@H]1[C@H](O)C[C@@H]1[C@@]3(C)CC[C@H](O[C@@H]4O[C@H](CO)[C@@H](O)[C@H](O)[C@H]4O[C@@H]4O[C@H](CO)[C@@H](O)[C@H](O)[C@H]4O)C(C)(C)C3CC[C@]12C. The molecule has 1 unspecified atom stereocenters. The molecule has 8 fully saturated rings. The molecule has 452 valence electrons. The van der Waals surface area contributed by atoms with Gasteiger partial charge in [-0.2, -0.15) is 0 Å². The van der Waals surface area contributed by atoms with E-state index in [0.29, 0.717) is 32.1 Å². The first kappa shape index (κ1) is 62.8. The summed E-state index contributed by atoms with van der Waals surface area (Å²) in [5.74, 6) is -0.746. The Labute approximate surface area is 455 Å². The van der Waals surface area contributed by atoms with Crippen molar-refractivity contribution in [2.75, 3.05) is 26.4 Å². The van der Waals surface area contributed by atoms with Gasteiger partial charge in [-0.25, -0.2) is 0 Å². The van der Waals surface area contributed by atoms with Gasteiger partial charge in [0, 0.05) is 0 Å². The van der Waals surface area contributed by atoms with Crippen LogP contribution in [0.25, 0.3) is 0 Å². The second-order valence-corrected chi connectivity index (χ2v) is 26.2. The molecule has 4 aliphatic carbocycles. The van der Waals surface area contributed by atoms with Crippen molar-refractivity contribution in [1.29, 1.82) is 0 Å². The van der Waals surface area contributed by atoms with Crippen molar-refractivity contribution in [2.45, 2.75) is 253 Å². The second-order valence-electron chi connectivity index (χ2n) is 26.2. The monoisotopic (exact) mass is 1120 g/mol. The van der Waals surface area contributed by atoms with Gasteiger partial charge in [0.15, 0.2) is 25.2 Å². The molecule has 4 aliphatic heterocycles. The zero-order chi connectivity index (χ0) is 57.6. The van der Waals surface area contributed by atoms with Gasteiger partial charge in [0.1, 0.15) is 97.7 Å². The molecule has 30 atom stereocenters. The summed E-state index contributed by atoms with van der Waals surface area (Å²) in [6, 6.07) is 0. The van der Waals surface area contributed by atoms with E-state index in [2.05, 4.69) is 34.6 Å². The Bertz CT molecular complexity index is 2030. The summed E-state index contributed by atoms with van der Waals surface area (Å²) >= 11 is 0. The van der Waals surface area contributed by atoms with Crippen LogP contribution in [0, 0.1) is 45.3 Å². The maximum absolute atomic E-state index is 12.8. The van der Waals surface area contributed by atoms with Gasteiger partial charge in [-0.15, -0.1) is 0 Å². The molecule has 0 spiro atoms. The quantitative estimate of drug-likeness (QED) is 0.0534. The predicted octanol–water partition coefficient (Wildman–Crippen LogP) is -3.23. The molecule has 0 bridgehead atoms. The Morgan fingerprint density at radius 1 is 0.526 bits per heavy atom. The summed E-state index contributed by atoms with van der Waals surface area (Å²) in [6.45, 7) is 13.5. The highest BCUT2D eigenvalue weighted by molar-refractivity contribution is 5.21. The molecule has 0 radical (unpaired) electrons. The summed E-state index contributed by atoms with van der Waals surface area (Å²) in [7, 11) is 0. The molecular weight excluding hydrogens is 1030 g/mol. The zero-order valence-electron chi connectivity index (χ0n) is 46.1. The minimum atomic E-state index is -1.83. The summed E-state index contributed by atoms with van der Waals surface area (Å²) in [4.78, 5) is 0. The second kappa shape index (κ2) is 23.3. The Balaban J connectivity index is 1.02. The van der Waals surface area contributed by atoms with Crippen LogP contribution >= 0.6 is 0 Å². The van der Waals surface area contributed by atoms with Crippen LogP contribution in [-0.4, -0.2) is 254 Å². The molecule has 0 aromatic carbocycles. The summed E-state index contributed by atoms with van der Waals surface area (Å²) in [5.41, 5.74) is -4.24. The van der Waals surface area contributed by atoms with Crippen molar-refractivity contribution in [3.63, 3.8) is 0 Å². The number of hydrogen-bond donors (Lipinski definition) is 16. The average molecular weight is 1130 g/mol. The van der Waals surface area contributed by atoms with Crippen molar-refractivity contribution >= 4 is 0 Å². The largest absolute Gasteiger partial charge is 0.394 e. The molecule has 24 nitrogen and oxygen atoms in total. The van der Waals surface area contributed by atoms with Crippen LogP contribution in [0.15, 0.2) is 12.2 Å². The maximum atomic E-state index is 12.8. The van der Waals surface area contributed by atoms with E-state index in [4.69, 9.17) is 37.9 Å². The Hall–Kier alpha value is -1.22. The lowest BCUT2D eigenvalue weighted by Crippen LogP contribution is -2.68. The minimum Gasteiger partial charge on any atom is -0.394 e. The zero-order valence-corrected chi connectivity index (χ0v) is 46.1. The van der Waals surface area contributed by atoms with Crippen molar-refractivity contribution in [3.05, 3.63) is 12.2 Å². The number of aliphatic hydroxyl groups excluding tert-OH is 15. The summed E-state index contributed by atoms with van der Waals surface area (Å²) in [5, 5.41) is 173. The third-order valence-corrected chi connectivity index (χ3v) is 20.7. The van der Waals surface area contributed by atoms with Crippen molar-refractivity contribution in [1.82, 2.24) is 0 Å². The first-order chi connectivity index (χ1) is 36.3. The molecule has 4 saturated carbocycles. The van der Waals surface area contributed by atoms with Crippen LogP contribution in [0.2, 0.25) is 0 Å². The lowest BCUT2D eigenvalue weighted by molar-refractivity contribution is -0.378. The number of rotatable bonds is 16. The van der Waals surface area contributed by atoms with Crippen molar-refractivity contribution in [2.24, 2.45) is 45.3 Å². The number of ether oxygens (including phenoxy) is 8. The molecule has 78 heavy (non-hydrogen) atoms. The van der Waals surface area contributed by atoms with Gasteiger partial charge in [0.05, 0.1) is 49.8 Å². The maximum Gasteiger partial charge on any atom is 0.187 e. The molecule has 8 aliphatic rings. The topological polar surface area (TPSA) is 398 Å². The molecule has 8 rings (SSSR count). The third-order valence-electron chi connectivity index (χ3n) is 20.7. The van der Waals surface area contributed by atoms with Gasteiger partial charge in [-0.3, -0.25) is 0 Å². The van der Waals surface area contributed by atoms with E-state index in [-0.39, 0.29) is 40.9 Å². The van der Waals surface area contributed by atoms with E-state index >= 15 is 0 Å². The first-order valence-corrected chi connectivity index (χ1v) is 28.0. The number of fused-ring (bicyclic) bond motifs is 5. The van der Waals surface area contributed by atoms with Gasteiger partial charge in [0.25, 0.3) is 0 Å². The van der Waals surface area contributed by atoms with Crippen LogP contribution < -0.4 is 0 Å². The van der Waals surface area contributed by atoms with Gasteiger partial charge < -0.3 is 120 Å². The molecule has 16 N–H and O–H groups in total. The fourth-order valence-corrected chi connectivity index (χ4v) is 16.1. The molecule has 4 saturated heterocycles. The van der Waals surface area contributed by atoms with Crippen LogP contribution in [0.1, 0.15) is 107 Å². The van der Waals surface area contributed by atoms with Gasteiger partial charge in [-0.1, -0.05) is 46.8 Å². The highest BCUT2D eigenvalue weighted by Crippen LogP contribution is 2.76. The Morgan fingerprint density at radius 2 is 1.03 bits per heavy atom. The molecule has 24 heteroatoms. The van der Waals surface area contributed by atoms with Gasteiger partial charge in [-0.05, 0) is 117 Å². The normalized spacial score (nSPS) is 52.6. The van der Waals surface area contributed by atoms with Crippen molar-refractivity contribution < 1.29 is 120 Å². The van der Waals surface area contributed by atoms with E-state index in [1.54, 1.807) is 26.0 Å². The van der Waals surface area contributed by atoms with E-state index < -0.39 is 183 Å². The molecule has 0 amide bonds. The lowest BCUT2D eigenvalue weighted by Gasteiger charge is -2.71. The van der Waals surface area contributed by atoms with E-state index in [1.165, 1.54) is 0 Å². The van der Waals surface area contributed by atoms with Crippen LogP contribution in [0.5, 0.6) is 0 Å². The summed E-state index contributed by atoms with van der Waals surface area (Å²) in [6.07, 6.45) is -25.7. The van der Waals surface area contributed by atoms with Crippen LogP contribution in [-0.2, 0) is 37.9 Å². The number of aliphatic hydroxyl groups is 16.